The number of aliphatic hydroxyl groups is 2. The maximum Gasteiger partial charge on any atom is 0.342 e. The second-order valence-electron chi connectivity index (χ2n) is 3.80. The average molecular weight is 186 g/mol. The minimum Gasteiger partial charge on any atom is -0.463 e. The molecule has 0 aromatic rings. The molecule has 0 bridgehead atoms. The minimum absolute atomic E-state index is 0.228. The summed E-state index contributed by atoms with van der Waals surface area (Å²) in [5.41, 5.74) is -2.57. The predicted octanol–water partition coefficient (Wildman–Crippen LogP) is -0.00850. The van der Waals surface area contributed by atoms with Crippen molar-refractivity contribution in [2.45, 2.75) is 31.5 Å². The van der Waals surface area contributed by atoms with Crippen LogP contribution in [0.25, 0.3) is 0 Å². The molecule has 74 valence electrons. The van der Waals surface area contributed by atoms with Crippen LogP contribution >= 0.6 is 0 Å². The molecular weight excluding hydrogens is 172 g/mol. The molecule has 0 amide bonds. The highest BCUT2D eigenvalue weighted by Crippen LogP contribution is 2.22. The minimum atomic E-state index is -1.54. The summed E-state index contributed by atoms with van der Waals surface area (Å²) in [6.45, 7) is 3.35. The van der Waals surface area contributed by atoms with Crippen molar-refractivity contribution in [3.05, 3.63) is 12.2 Å². The summed E-state index contributed by atoms with van der Waals surface area (Å²) < 4.78 is 4.61. The monoisotopic (exact) mass is 186 g/mol. The molecule has 1 aliphatic rings. The van der Waals surface area contributed by atoms with Gasteiger partial charge in [-0.3, -0.25) is 0 Å². The van der Waals surface area contributed by atoms with Crippen molar-refractivity contribution in [1.82, 2.24) is 0 Å². The number of carbonyl (C=O) groups excluding carboxylic acids is 1. The molecule has 1 aliphatic heterocycles. The summed E-state index contributed by atoms with van der Waals surface area (Å²) in [7, 11) is 0. The van der Waals surface area contributed by atoms with Gasteiger partial charge in [0.25, 0.3) is 0 Å². The predicted molar refractivity (Wildman–Crippen MR) is 46.0 cm³/mol. The van der Waals surface area contributed by atoms with Crippen LogP contribution in [0.15, 0.2) is 12.2 Å². The summed E-state index contributed by atoms with van der Waals surface area (Å²) in [5, 5.41) is 19.0. The Labute approximate surface area is 76.8 Å². The normalized spacial score (nSPS) is 29.7. The maximum atomic E-state index is 11.0. The standard InChI is InChI=1S/C9H14O4/c1-8(2,11)3-4-9(12)5-6-13-7(9)10/h3-4,11-12H,5-6H2,1-2H3/b4-3+/t9-/m1/s1. The number of cyclic esters (lactones) is 1. The third-order valence-corrected chi connectivity index (χ3v) is 1.84. The van der Waals surface area contributed by atoms with Gasteiger partial charge in [-0.05, 0) is 19.9 Å². The van der Waals surface area contributed by atoms with Crippen LogP contribution in [-0.2, 0) is 9.53 Å². The number of hydrogen-bond acceptors (Lipinski definition) is 4. The number of rotatable bonds is 2. The van der Waals surface area contributed by atoms with Crippen molar-refractivity contribution in [2.24, 2.45) is 0 Å². The molecular formula is C9H14O4. The second-order valence-corrected chi connectivity index (χ2v) is 3.80. The number of hydrogen-bond donors (Lipinski definition) is 2. The van der Waals surface area contributed by atoms with E-state index in [-0.39, 0.29) is 13.0 Å². The van der Waals surface area contributed by atoms with E-state index in [0.29, 0.717) is 0 Å². The molecule has 0 radical (unpaired) electrons. The van der Waals surface area contributed by atoms with E-state index in [2.05, 4.69) is 4.74 Å². The zero-order chi connectivity index (χ0) is 10.1. The smallest absolute Gasteiger partial charge is 0.342 e. The van der Waals surface area contributed by atoms with Gasteiger partial charge in [0.15, 0.2) is 5.60 Å². The van der Waals surface area contributed by atoms with E-state index in [1.807, 2.05) is 0 Å². The molecule has 4 heteroatoms. The van der Waals surface area contributed by atoms with E-state index in [1.54, 1.807) is 13.8 Å². The van der Waals surface area contributed by atoms with Gasteiger partial charge in [-0.15, -0.1) is 0 Å². The van der Waals surface area contributed by atoms with E-state index in [9.17, 15) is 15.0 Å². The Morgan fingerprint density at radius 3 is 2.62 bits per heavy atom. The van der Waals surface area contributed by atoms with Crippen LogP contribution in [0.4, 0.5) is 0 Å². The Morgan fingerprint density at radius 1 is 1.62 bits per heavy atom. The number of esters is 1. The van der Waals surface area contributed by atoms with Crippen molar-refractivity contribution in [3.63, 3.8) is 0 Å². The highest BCUT2D eigenvalue weighted by atomic mass is 16.6. The van der Waals surface area contributed by atoms with Crippen LogP contribution < -0.4 is 0 Å². The number of carbonyl (C=O) groups is 1. The molecule has 1 fully saturated rings. The zero-order valence-electron chi connectivity index (χ0n) is 7.78. The molecule has 0 unspecified atom stereocenters. The molecule has 0 aromatic heterocycles. The quantitative estimate of drug-likeness (QED) is 0.470. The Kier molecular flexibility index (Phi) is 2.45. The molecule has 1 rings (SSSR count). The van der Waals surface area contributed by atoms with Crippen LogP contribution in [-0.4, -0.2) is 34.0 Å². The fraction of sp³-hybridized carbons (Fsp3) is 0.667. The molecule has 0 spiro atoms. The Morgan fingerprint density at radius 2 is 2.23 bits per heavy atom. The molecule has 2 N–H and O–H groups in total. The Hall–Kier alpha value is -0.870. The highest BCUT2D eigenvalue weighted by molar-refractivity contribution is 5.83. The summed E-state index contributed by atoms with van der Waals surface area (Å²) in [6, 6.07) is 0. The van der Waals surface area contributed by atoms with Crippen LogP contribution in [0.2, 0.25) is 0 Å². The first-order valence-corrected chi connectivity index (χ1v) is 4.16. The van der Waals surface area contributed by atoms with Gasteiger partial charge in [0.05, 0.1) is 12.2 Å². The van der Waals surface area contributed by atoms with E-state index in [0.717, 1.165) is 0 Å². The van der Waals surface area contributed by atoms with Crippen LogP contribution in [0.5, 0.6) is 0 Å². The lowest BCUT2D eigenvalue weighted by molar-refractivity contribution is -0.149. The van der Waals surface area contributed by atoms with Crippen molar-refractivity contribution in [3.8, 4) is 0 Å². The van der Waals surface area contributed by atoms with Crippen LogP contribution in [0, 0.1) is 0 Å². The molecule has 0 saturated carbocycles. The summed E-state index contributed by atoms with van der Waals surface area (Å²) in [5.74, 6) is -0.645. The second kappa shape index (κ2) is 3.12. The van der Waals surface area contributed by atoms with Gasteiger partial charge in [0, 0.05) is 6.42 Å². The van der Waals surface area contributed by atoms with Crippen molar-refractivity contribution in [2.75, 3.05) is 6.61 Å². The van der Waals surface area contributed by atoms with Gasteiger partial charge in [0.1, 0.15) is 0 Å². The van der Waals surface area contributed by atoms with Crippen LogP contribution in [0.1, 0.15) is 20.3 Å². The topological polar surface area (TPSA) is 66.8 Å². The van der Waals surface area contributed by atoms with Crippen molar-refractivity contribution < 1.29 is 19.7 Å². The largest absolute Gasteiger partial charge is 0.463 e. The molecule has 1 heterocycles. The first kappa shape index (κ1) is 10.2. The van der Waals surface area contributed by atoms with Gasteiger partial charge in [0.2, 0.25) is 0 Å². The first-order chi connectivity index (χ1) is 5.83. The summed E-state index contributed by atoms with van der Waals surface area (Å²) in [4.78, 5) is 11.0. The van der Waals surface area contributed by atoms with Gasteiger partial charge < -0.3 is 14.9 Å². The van der Waals surface area contributed by atoms with Gasteiger partial charge in [-0.2, -0.15) is 0 Å². The molecule has 4 nitrogen and oxygen atoms in total. The number of ether oxygens (including phenoxy) is 1. The van der Waals surface area contributed by atoms with E-state index in [1.165, 1.54) is 12.2 Å². The lowest BCUT2D eigenvalue weighted by Gasteiger charge is -2.15. The van der Waals surface area contributed by atoms with Crippen LogP contribution in [0.3, 0.4) is 0 Å². The SMILES string of the molecule is CC(C)(O)/C=C/[C@@]1(O)CCOC1=O. The molecule has 0 aliphatic carbocycles. The third kappa shape index (κ3) is 2.54. The average Bonchev–Trinajstić information content (AvgIpc) is 2.29. The Balaban J connectivity index is 2.72. The van der Waals surface area contributed by atoms with E-state index in [4.69, 9.17) is 0 Å². The van der Waals surface area contributed by atoms with Gasteiger partial charge in [-0.1, -0.05) is 6.08 Å². The lowest BCUT2D eigenvalue weighted by atomic mass is 9.99. The molecule has 1 saturated heterocycles. The fourth-order valence-corrected chi connectivity index (χ4v) is 1.02. The lowest BCUT2D eigenvalue weighted by Crippen LogP contribution is -2.32. The van der Waals surface area contributed by atoms with Crippen molar-refractivity contribution >= 4 is 5.97 Å². The fourth-order valence-electron chi connectivity index (χ4n) is 1.02. The maximum absolute atomic E-state index is 11.0. The highest BCUT2D eigenvalue weighted by Gasteiger charge is 2.40. The van der Waals surface area contributed by atoms with Gasteiger partial charge in [-0.25, -0.2) is 4.79 Å². The molecule has 0 aromatic carbocycles. The van der Waals surface area contributed by atoms with Gasteiger partial charge >= 0.3 is 5.97 Å². The third-order valence-electron chi connectivity index (χ3n) is 1.84. The molecule has 13 heavy (non-hydrogen) atoms. The first-order valence-electron chi connectivity index (χ1n) is 4.16. The van der Waals surface area contributed by atoms with E-state index >= 15 is 0 Å². The van der Waals surface area contributed by atoms with Crippen molar-refractivity contribution in [1.29, 1.82) is 0 Å². The summed E-state index contributed by atoms with van der Waals surface area (Å²) >= 11 is 0. The van der Waals surface area contributed by atoms with E-state index < -0.39 is 17.2 Å². The Bertz CT molecular complexity index is 238. The molecule has 1 atom stereocenters. The summed E-state index contributed by atoms with van der Waals surface area (Å²) in [6.07, 6.45) is 2.93. The zero-order valence-corrected chi connectivity index (χ0v) is 7.78.